The zero-order valence-electron chi connectivity index (χ0n) is 5.88. The Balaban J connectivity index is 3.05. The molecular weight excluding hydrogens is 213 g/mol. The molecule has 1 rings (SSSR count). The number of rotatable bonds is 1. The van der Waals surface area contributed by atoms with Gasteiger partial charge in [-0.25, -0.2) is 9.37 Å². The van der Waals surface area contributed by atoms with Gasteiger partial charge in [-0.05, 0) is 35.0 Å². The van der Waals surface area contributed by atoms with Crippen molar-refractivity contribution in [2.45, 2.75) is 13.0 Å². The first-order valence-corrected chi connectivity index (χ1v) is 3.90. The van der Waals surface area contributed by atoms with Crippen LogP contribution >= 0.6 is 15.9 Å². The van der Waals surface area contributed by atoms with E-state index in [0.29, 0.717) is 5.69 Å². The molecule has 0 aliphatic carbocycles. The molecule has 11 heavy (non-hydrogen) atoms. The van der Waals surface area contributed by atoms with Gasteiger partial charge in [0.05, 0.1) is 11.8 Å². The Morgan fingerprint density at radius 1 is 1.64 bits per heavy atom. The lowest BCUT2D eigenvalue weighted by atomic mass is 10.2. The van der Waals surface area contributed by atoms with Crippen molar-refractivity contribution in [1.29, 1.82) is 0 Å². The highest BCUT2D eigenvalue weighted by atomic mass is 79.9. The summed E-state index contributed by atoms with van der Waals surface area (Å²) in [5.74, 6) is -0.422. The Hall–Kier alpha value is -0.480. The normalized spacial score (nSPS) is 13.1. The van der Waals surface area contributed by atoms with Gasteiger partial charge in [-0.15, -0.1) is 0 Å². The van der Waals surface area contributed by atoms with Crippen LogP contribution in [-0.4, -0.2) is 10.1 Å². The SMILES string of the molecule is CC(O)c1ccc(F)c(Br)n1. The van der Waals surface area contributed by atoms with Gasteiger partial charge in [0.15, 0.2) is 5.82 Å². The van der Waals surface area contributed by atoms with Gasteiger partial charge in [-0.1, -0.05) is 0 Å². The Bertz CT molecular complexity index is 265. The van der Waals surface area contributed by atoms with Crippen molar-refractivity contribution in [3.63, 3.8) is 0 Å². The van der Waals surface area contributed by atoms with Crippen LogP contribution in [0.5, 0.6) is 0 Å². The number of pyridine rings is 1. The van der Waals surface area contributed by atoms with E-state index in [1.807, 2.05) is 0 Å². The molecule has 1 N–H and O–H groups in total. The van der Waals surface area contributed by atoms with Gasteiger partial charge < -0.3 is 5.11 Å². The van der Waals surface area contributed by atoms with Crippen LogP contribution in [0.1, 0.15) is 18.7 Å². The third-order valence-corrected chi connectivity index (χ3v) is 1.81. The molecule has 1 atom stereocenters. The van der Waals surface area contributed by atoms with Crippen LogP contribution in [0.4, 0.5) is 4.39 Å². The summed E-state index contributed by atoms with van der Waals surface area (Å²) in [5, 5.41) is 9.03. The summed E-state index contributed by atoms with van der Waals surface area (Å²) in [5.41, 5.74) is 0.457. The lowest BCUT2D eigenvalue weighted by Crippen LogP contribution is -1.96. The second-order valence-corrected chi connectivity index (χ2v) is 2.94. The second kappa shape index (κ2) is 3.28. The Labute approximate surface area is 72.2 Å². The molecule has 1 aromatic heterocycles. The van der Waals surface area contributed by atoms with Crippen LogP contribution in [0.15, 0.2) is 16.7 Å². The fourth-order valence-corrected chi connectivity index (χ4v) is 1.00. The van der Waals surface area contributed by atoms with E-state index in [0.717, 1.165) is 0 Å². The van der Waals surface area contributed by atoms with Gasteiger partial charge in [-0.2, -0.15) is 0 Å². The number of aliphatic hydroxyl groups excluding tert-OH is 1. The fourth-order valence-electron chi connectivity index (χ4n) is 0.664. The summed E-state index contributed by atoms with van der Waals surface area (Å²) in [4.78, 5) is 3.76. The highest BCUT2D eigenvalue weighted by Crippen LogP contribution is 2.16. The van der Waals surface area contributed by atoms with E-state index in [1.165, 1.54) is 12.1 Å². The van der Waals surface area contributed by atoms with Gasteiger partial charge >= 0.3 is 0 Å². The van der Waals surface area contributed by atoms with Crippen LogP contribution in [-0.2, 0) is 0 Å². The molecule has 0 radical (unpaired) electrons. The zero-order chi connectivity index (χ0) is 8.43. The molecule has 1 heterocycles. The molecule has 0 saturated heterocycles. The minimum absolute atomic E-state index is 0.135. The first-order chi connectivity index (χ1) is 5.11. The molecule has 0 spiro atoms. The highest BCUT2D eigenvalue weighted by molar-refractivity contribution is 9.10. The number of aliphatic hydroxyl groups is 1. The zero-order valence-corrected chi connectivity index (χ0v) is 7.47. The quantitative estimate of drug-likeness (QED) is 0.734. The lowest BCUT2D eigenvalue weighted by Gasteiger charge is -2.03. The van der Waals surface area contributed by atoms with Gasteiger partial charge in [0.25, 0.3) is 0 Å². The predicted molar refractivity (Wildman–Crippen MR) is 42.5 cm³/mol. The Morgan fingerprint density at radius 3 is 2.73 bits per heavy atom. The maximum atomic E-state index is 12.6. The van der Waals surface area contributed by atoms with Crippen molar-refractivity contribution >= 4 is 15.9 Å². The largest absolute Gasteiger partial charge is 0.387 e. The molecule has 4 heteroatoms. The number of halogens is 2. The molecule has 0 aromatic carbocycles. The molecule has 1 aromatic rings. The predicted octanol–water partition coefficient (Wildman–Crippen LogP) is 2.04. The number of hydrogen-bond donors (Lipinski definition) is 1. The van der Waals surface area contributed by atoms with Crippen LogP contribution in [0.2, 0.25) is 0 Å². The standard InChI is InChI=1S/C7H7BrFNO/c1-4(11)6-3-2-5(9)7(8)10-6/h2-4,11H,1H3. The summed E-state index contributed by atoms with van der Waals surface area (Å²) in [6, 6.07) is 2.71. The first-order valence-electron chi connectivity index (χ1n) is 3.11. The number of aromatic nitrogens is 1. The van der Waals surface area contributed by atoms with Gasteiger partial charge in [0, 0.05) is 0 Å². The van der Waals surface area contributed by atoms with Crippen molar-refractivity contribution in [1.82, 2.24) is 4.98 Å². The van der Waals surface area contributed by atoms with Crippen molar-refractivity contribution < 1.29 is 9.50 Å². The minimum Gasteiger partial charge on any atom is -0.387 e. The molecule has 1 unspecified atom stereocenters. The van der Waals surface area contributed by atoms with E-state index in [-0.39, 0.29) is 4.60 Å². The summed E-state index contributed by atoms with van der Waals surface area (Å²) in [6.07, 6.45) is -0.660. The molecule has 0 fully saturated rings. The molecule has 0 aliphatic heterocycles. The number of nitrogens with zero attached hydrogens (tertiary/aromatic N) is 1. The molecule has 0 aliphatic rings. The third-order valence-electron chi connectivity index (χ3n) is 1.25. The van der Waals surface area contributed by atoms with Crippen LogP contribution in [0.25, 0.3) is 0 Å². The summed E-state index contributed by atoms with van der Waals surface area (Å²) >= 11 is 2.92. The van der Waals surface area contributed by atoms with Crippen LogP contribution < -0.4 is 0 Å². The topological polar surface area (TPSA) is 33.1 Å². The van der Waals surface area contributed by atoms with E-state index in [1.54, 1.807) is 6.92 Å². The molecular formula is C7H7BrFNO. The molecule has 2 nitrogen and oxygen atoms in total. The number of hydrogen-bond acceptors (Lipinski definition) is 2. The van der Waals surface area contributed by atoms with Crippen molar-refractivity contribution in [2.75, 3.05) is 0 Å². The monoisotopic (exact) mass is 219 g/mol. The smallest absolute Gasteiger partial charge is 0.155 e. The lowest BCUT2D eigenvalue weighted by molar-refractivity contribution is 0.194. The van der Waals surface area contributed by atoms with Crippen molar-refractivity contribution in [3.05, 3.63) is 28.2 Å². The maximum Gasteiger partial charge on any atom is 0.155 e. The van der Waals surface area contributed by atoms with Crippen molar-refractivity contribution in [3.8, 4) is 0 Å². The average molecular weight is 220 g/mol. The fraction of sp³-hybridized carbons (Fsp3) is 0.286. The average Bonchev–Trinajstić information content (AvgIpc) is 1.94. The summed E-state index contributed by atoms with van der Waals surface area (Å²) in [6.45, 7) is 1.58. The summed E-state index contributed by atoms with van der Waals surface area (Å²) < 4.78 is 12.7. The van der Waals surface area contributed by atoms with Gasteiger partial charge in [-0.3, -0.25) is 0 Å². The molecule has 0 saturated carbocycles. The van der Waals surface area contributed by atoms with Crippen LogP contribution in [0, 0.1) is 5.82 Å². The van der Waals surface area contributed by atoms with E-state index >= 15 is 0 Å². The minimum atomic E-state index is -0.660. The van der Waals surface area contributed by atoms with Crippen LogP contribution in [0.3, 0.4) is 0 Å². The first kappa shape index (κ1) is 8.62. The molecule has 60 valence electrons. The highest BCUT2D eigenvalue weighted by Gasteiger charge is 2.05. The summed E-state index contributed by atoms with van der Waals surface area (Å²) in [7, 11) is 0. The Kier molecular flexibility index (Phi) is 2.57. The Morgan fingerprint density at radius 2 is 2.27 bits per heavy atom. The van der Waals surface area contributed by atoms with E-state index in [4.69, 9.17) is 5.11 Å². The molecule has 0 amide bonds. The molecule has 0 bridgehead atoms. The van der Waals surface area contributed by atoms with E-state index < -0.39 is 11.9 Å². The van der Waals surface area contributed by atoms with Crippen molar-refractivity contribution in [2.24, 2.45) is 0 Å². The second-order valence-electron chi connectivity index (χ2n) is 2.18. The van der Waals surface area contributed by atoms with Gasteiger partial charge in [0.1, 0.15) is 4.60 Å². The maximum absolute atomic E-state index is 12.6. The van der Waals surface area contributed by atoms with E-state index in [2.05, 4.69) is 20.9 Å². The van der Waals surface area contributed by atoms with E-state index in [9.17, 15) is 4.39 Å². The third kappa shape index (κ3) is 1.97. The van der Waals surface area contributed by atoms with Gasteiger partial charge in [0.2, 0.25) is 0 Å².